The summed E-state index contributed by atoms with van der Waals surface area (Å²) in [6, 6.07) is 12.6. The highest BCUT2D eigenvalue weighted by atomic mass is 32.1. The molecule has 1 unspecified atom stereocenters. The number of amides is 1. The number of carbonyl (C=O) groups excluding carboxylic acids is 1. The minimum absolute atomic E-state index is 0.0415. The average Bonchev–Trinajstić information content (AvgIpc) is 3.24. The fourth-order valence-electron chi connectivity index (χ4n) is 4.25. The third-order valence-corrected chi connectivity index (χ3v) is 6.64. The van der Waals surface area contributed by atoms with Gasteiger partial charge in [0.2, 0.25) is 5.91 Å². The molecule has 1 fully saturated rings. The van der Waals surface area contributed by atoms with Crippen LogP contribution < -0.4 is 5.32 Å². The number of hydrogen-bond acceptors (Lipinski definition) is 5. The number of nitrogens with one attached hydrogen (secondary N) is 1. The molecule has 3 heterocycles. The molecule has 0 aliphatic carbocycles. The molecule has 2 aromatic carbocycles. The van der Waals surface area contributed by atoms with Crippen LogP contribution in [0.1, 0.15) is 17.0 Å². The van der Waals surface area contributed by atoms with Crippen LogP contribution in [-0.4, -0.2) is 28.9 Å². The van der Waals surface area contributed by atoms with Gasteiger partial charge in [0.1, 0.15) is 0 Å². The lowest BCUT2D eigenvalue weighted by atomic mass is 9.76. The van der Waals surface area contributed by atoms with Gasteiger partial charge in [-0.3, -0.25) is 4.79 Å². The van der Waals surface area contributed by atoms with Crippen molar-refractivity contribution in [3.05, 3.63) is 47.0 Å². The third kappa shape index (κ3) is 2.58. The van der Waals surface area contributed by atoms with Crippen molar-refractivity contribution in [2.75, 3.05) is 18.4 Å². The maximum absolute atomic E-state index is 12.7. The second-order valence-corrected chi connectivity index (χ2v) is 8.70. The second kappa shape index (κ2) is 5.80. The van der Waals surface area contributed by atoms with E-state index in [9.17, 15) is 10.1 Å². The van der Waals surface area contributed by atoms with Gasteiger partial charge in [0.05, 0.1) is 20.6 Å². The van der Waals surface area contributed by atoms with Gasteiger partial charge in [-0.05, 0) is 60.7 Å². The minimum atomic E-state index is -0.489. The molecule has 2 aliphatic heterocycles. The van der Waals surface area contributed by atoms with Gasteiger partial charge in [-0.15, -0.1) is 11.3 Å². The van der Waals surface area contributed by atoms with Crippen LogP contribution in [0, 0.1) is 23.8 Å². The molecule has 1 spiro atoms. The predicted octanol–water partition coefficient (Wildman–Crippen LogP) is 3.94. The standard InChI is InChI=1S/C21H18N4OS/c1-13-23-18-9-15(3-5-19(18)27-13)14-2-4-17-16(8-14)10-21(20(26)24-17)6-7-25(11-21)12-22/h2-5,8-9H,6-7,10-11H2,1H3,(H,24,26). The fraction of sp³-hybridized carbons (Fsp3) is 0.286. The molecule has 6 heteroatoms. The highest BCUT2D eigenvalue weighted by molar-refractivity contribution is 7.18. The average molecular weight is 374 g/mol. The van der Waals surface area contributed by atoms with E-state index in [0.717, 1.165) is 39.3 Å². The van der Waals surface area contributed by atoms with Gasteiger partial charge >= 0.3 is 0 Å². The summed E-state index contributed by atoms with van der Waals surface area (Å²) < 4.78 is 1.20. The van der Waals surface area contributed by atoms with Crippen LogP contribution in [0.2, 0.25) is 0 Å². The zero-order valence-corrected chi connectivity index (χ0v) is 15.8. The summed E-state index contributed by atoms with van der Waals surface area (Å²) in [6.07, 6.45) is 3.58. The monoisotopic (exact) mass is 374 g/mol. The number of thiazole rings is 1. The number of nitriles is 1. The summed E-state index contributed by atoms with van der Waals surface area (Å²) in [4.78, 5) is 19.0. The Morgan fingerprint density at radius 1 is 1.26 bits per heavy atom. The fourth-order valence-corrected chi connectivity index (χ4v) is 5.06. The molecule has 0 bridgehead atoms. The Morgan fingerprint density at radius 3 is 2.89 bits per heavy atom. The van der Waals surface area contributed by atoms with E-state index >= 15 is 0 Å². The molecule has 5 nitrogen and oxygen atoms in total. The van der Waals surface area contributed by atoms with Gasteiger partial charge in [-0.1, -0.05) is 12.1 Å². The molecule has 3 aromatic rings. The Bertz CT molecular complexity index is 1130. The van der Waals surface area contributed by atoms with Gasteiger partial charge in [0.15, 0.2) is 6.19 Å². The van der Waals surface area contributed by atoms with Crippen molar-refractivity contribution in [1.29, 1.82) is 5.26 Å². The van der Waals surface area contributed by atoms with Crippen LogP contribution in [0.15, 0.2) is 36.4 Å². The maximum atomic E-state index is 12.7. The first-order valence-corrected chi connectivity index (χ1v) is 9.85. The molecule has 1 amide bonds. The van der Waals surface area contributed by atoms with E-state index in [4.69, 9.17) is 0 Å². The SMILES string of the molecule is Cc1nc2cc(-c3ccc4c(c3)CC3(CCN(C#N)C3)C(=O)N4)ccc2s1. The van der Waals surface area contributed by atoms with Crippen molar-refractivity contribution < 1.29 is 4.79 Å². The lowest BCUT2D eigenvalue weighted by Gasteiger charge is -2.33. The Balaban J connectivity index is 1.53. The molecular weight excluding hydrogens is 356 g/mol. The first kappa shape index (κ1) is 16.3. The number of carbonyl (C=O) groups is 1. The number of likely N-dealkylation sites (tertiary alicyclic amines) is 1. The van der Waals surface area contributed by atoms with Gasteiger partial charge < -0.3 is 10.2 Å². The lowest BCUT2D eigenvalue weighted by molar-refractivity contribution is -0.125. The molecule has 1 atom stereocenters. The van der Waals surface area contributed by atoms with E-state index in [1.807, 2.05) is 19.1 Å². The number of fused-ring (bicyclic) bond motifs is 2. The molecule has 0 saturated carbocycles. The Hall–Kier alpha value is -2.91. The van der Waals surface area contributed by atoms with E-state index in [-0.39, 0.29) is 5.91 Å². The number of aromatic nitrogens is 1. The zero-order chi connectivity index (χ0) is 18.6. The summed E-state index contributed by atoms with van der Waals surface area (Å²) in [5.41, 5.74) is 4.82. The van der Waals surface area contributed by atoms with Crippen LogP contribution in [0.3, 0.4) is 0 Å². The van der Waals surface area contributed by atoms with Crippen molar-refractivity contribution in [3.8, 4) is 17.3 Å². The van der Waals surface area contributed by atoms with Crippen molar-refractivity contribution >= 4 is 33.1 Å². The maximum Gasteiger partial charge on any atom is 0.232 e. The lowest BCUT2D eigenvalue weighted by Crippen LogP contribution is -2.43. The predicted molar refractivity (Wildman–Crippen MR) is 106 cm³/mol. The quantitative estimate of drug-likeness (QED) is 0.655. The van der Waals surface area contributed by atoms with E-state index in [1.165, 1.54) is 4.70 Å². The summed E-state index contributed by atoms with van der Waals surface area (Å²) in [6.45, 7) is 3.18. The van der Waals surface area contributed by atoms with E-state index in [2.05, 4.69) is 40.8 Å². The third-order valence-electron chi connectivity index (χ3n) is 5.69. The summed E-state index contributed by atoms with van der Waals surface area (Å²) in [5.74, 6) is 0.0415. The van der Waals surface area contributed by atoms with Crippen molar-refractivity contribution in [1.82, 2.24) is 9.88 Å². The number of benzene rings is 2. The summed E-state index contributed by atoms with van der Waals surface area (Å²) >= 11 is 1.70. The Morgan fingerprint density at radius 2 is 2.07 bits per heavy atom. The Kier molecular flexibility index (Phi) is 3.49. The first-order valence-electron chi connectivity index (χ1n) is 9.03. The van der Waals surface area contributed by atoms with Crippen LogP contribution in [0.4, 0.5) is 5.69 Å². The Labute approximate surface area is 161 Å². The van der Waals surface area contributed by atoms with Crippen LogP contribution in [0.25, 0.3) is 21.3 Å². The smallest absolute Gasteiger partial charge is 0.232 e. The molecule has 134 valence electrons. The number of hydrogen-bond donors (Lipinski definition) is 1. The first-order chi connectivity index (χ1) is 13.1. The normalized spacial score (nSPS) is 21.3. The molecule has 27 heavy (non-hydrogen) atoms. The molecule has 1 aromatic heterocycles. The molecule has 1 saturated heterocycles. The van der Waals surface area contributed by atoms with Gasteiger partial charge in [-0.2, -0.15) is 5.26 Å². The molecule has 0 radical (unpaired) electrons. The minimum Gasteiger partial charge on any atom is -0.325 e. The van der Waals surface area contributed by atoms with E-state index in [1.54, 1.807) is 16.2 Å². The van der Waals surface area contributed by atoms with E-state index < -0.39 is 5.41 Å². The van der Waals surface area contributed by atoms with E-state index in [0.29, 0.717) is 19.5 Å². The van der Waals surface area contributed by atoms with Crippen molar-refractivity contribution in [3.63, 3.8) is 0 Å². The molecule has 5 rings (SSSR count). The highest BCUT2D eigenvalue weighted by Crippen LogP contribution is 2.42. The van der Waals surface area contributed by atoms with Gasteiger partial charge in [0.25, 0.3) is 0 Å². The van der Waals surface area contributed by atoms with Crippen LogP contribution >= 0.6 is 11.3 Å². The summed E-state index contributed by atoms with van der Waals surface area (Å²) in [5, 5.41) is 13.3. The zero-order valence-electron chi connectivity index (χ0n) is 15.0. The van der Waals surface area contributed by atoms with Crippen molar-refractivity contribution in [2.24, 2.45) is 5.41 Å². The van der Waals surface area contributed by atoms with Gasteiger partial charge in [0, 0.05) is 18.8 Å². The second-order valence-electron chi connectivity index (χ2n) is 7.47. The molecule has 1 N–H and O–H groups in total. The number of rotatable bonds is 1. The number of aryl methyl sites for hydroxylation is 1. The number of anilines is 1. The molecule has 2 aliphatic rings. The van der Waals surface area contributed by atoms with Gasteiger partial charge in [-0.25, -0.2) is 4.98 Å². The largest absolute Gasteiger partial charge is 0.325 e. The number of nitrogens with zero attached hydrogens (tertiary/aromatic N) is 3. The van der Waals surface area contributed by atoms with Crippen LogP contribution in [0.5, 0.6) is 0 Å². The summed E-state index contributed by atoms with van der Waals surface area (Å²) in [7, 11) is 0. The highest BCUT2D eigenvalue weighted by Gasteiger charge is 2.47. The molecular formula is C21H18N4OS. The van der Waals surface area contributed by atoms with Crippen LogP contribution in [-0.2, 0) is 11.2 Å². The topological polar surface area (TPSA) is 69.0 Å². The van der Waals surface area contributed by atoms with Crippen molar-refractivity contribution in [2.45, 2.75) is 19.8 Å².